The Labute approximate surface area is 115 Å². The Kier molecular flexibility index (Phi) is 2.95. The number of hydrogen-bond donors (Lipinski definition) is 1. The molecular formula is C15H13N3O2. The standard InChI is InChI=1S/C15H13N3O2/c1-10-14(15(19)20)12-4-2-3-5-13(12)18(10)8-11-6-16-9-17-7-11/h2-7,9H,8H2,1H3,(H,19,20). The Hall–Kier alpha value is -2.69. The lowest BCUT2D eigenvalue weighted by atomic mass is 10.1. The average molecular weight is 267 g/mol. The number of fused-ring (bicyclic) bond motifs is 1. The summed E-state index contributed by atoms with van der Waals surface area (Å²) in [4.78, 5) is 19.4. The van der Waals surface area contributed by atoms with Gasteiger partial charge in [-0.05, 0) is 13.0 Å². The number of hydrogen-bond acceptors (Lipinski definition) is 3. The molecule has 0 aliphatic carbocycles. The van der Waals surface area contributed by atoms with Crippen molar-refractivity contribution in [1.29, 1.82) is 0 Å². The van der Waals surface area contributed by atoms with E-state index < -0.39 is 5.97 Å². The zero-order valence-electron chi connectivity index (χ0n) is 10.9. The lowest BCUT2D eigenvalue weighted by molar-refractivity contribution is 0.0698. The van der Waals surface area contributed by atoms with Crippen LogP contribution in [0.4, 0.5) is 0 Å². The first kappa shape index (κ1) is 12.3. The molecule has 5 heteroatoms. The van der Waals surface area contributed by atoms with Crippen molar-refractivity contribution in [2.45, 2.75) is 13.5 Å². The van der Waals surface area contributed by atoms with Gasteiger partial charge in [-0.2, -0.15) is 0 Å². The van der Waals surface area contributed by atoms with E-state index in [4.69, 9.17) is 0 Å². The van der Waals surface area contributed by atoms with Crippen molar-refractivity contribution in [1.82, 2.24) is 14.5 Å². The first-order chi connectivity index (χ1) is 9.68. The highest BCUT2D eigenvalue weighted by Gasteiger charge is 2.18. The van der Waals surface area contributed by atoms with Gasteiger partial charge in [0, 0.05) is 34.6 Å². The molecule has 0 atom stereocenters. The van der Waals surface area contributed by atoms with Gasteiger partial charge in [0.1, 0.15) is 6.33 Å². The smallest absolute Gasteiger partial charge is 0.338 e. The first-order valence-electron chi connectivity index (χ1n) is 6.23. The Morgan fingerprint density at radius 2 is 1.95 bits per heavy atom. The van der Waals surface area contributed by atoms with Gasteiger partial charge in [-0.3, -0.25) is 0 Å². The molecular weight excluding hydrogens is 254 g/mol. The van der Waals surface area contributed by atoms with Gasteiger partial charge in [-0.1, -0.05) is 18.2 Å². The second-order valence-electron chi connectivity index (χ2n) is 4.62. The highest BCUT2D eigenvalue weighted by atomic mass is 16.4. The highest BCUT2D eigenvalue weighted by Crippen LogP contribution is 2.26. The van der Waals surface area contributed by atoms with Crippen molar-refractivity contribution in [3.8, 4) is 0 Å². The van der Waals surface area contributed by atoms with Crippen LogP contribution in [0, 0.1) is 6.92 Å². The van der Waals surface area contributed by atoms with Crippen LogP contribution in [0.2, 0.25) is 0 Å². The molecule has 1 aromatic carbocycles. The van der Waals surface area contributed by atoms with Crippen molar-refractivity contribution in [3.05, 3.63) is 59.8 Å². The Bertz CT molecular complexity index is 778. The number of aromatic nitrogens is 3. The van der Waals surface area contributed by atoms with Crippen molar-refractivity contribution < 1.29 is 9.90 Å². The van der Waals surface area contributed by atoms with Crippen LogP contribution in [0.15, 0.2) is 43.0 Å². The van der Waals surface area contributed by atoms with Gasteiger partial charge in [0.2, 0.25) is 0 Å². The van der Waals surface area contributed by atoms with E-state index in [1.807, 2.05) is 35.8 Å². The summed E-state index contributed by atoms with van der Waals surface area (Å²) in [5.74, 6) is -0.901. The molecule has 100 valence electrons. The number of carboxylic acid groups (broad SMARTS) is 1. The van der Waals surface area contributed by atoms with Crippen LogP contribution in [-0.2, 0) is 6.54 Å². The summed E-state index contributed by atoms with van der Waals surface area (Å²) in [6, 6.07) is 7.53. The second-order valence-corrected chi connectivity index (χ2v) is 4.62. The number of para-hydroxylation sites is 1. The largest absolute Gasteiger partial charge is 0.478 e. The number of rotatable bonds is 3. The molecule has 0 fully saturated rings. The number of benzene rings is 1. The molecule has 20 heavy (non-hydrogen) atoms. The SMILES string of the molecule is Cc1c(C(=O)O)c2ccccc2n1Cc1cncnc1. The molecule has 2 aromatic heterocycles. The third-order valence-corrected chi connectivity index (χ3v) is 3.40. The Morgan fingerprint density at radius 1 is 1.25 bits per heavy atom. The summed E-state index contributed by atoms with van der Waals surface area (Å²) in [6.07, 6.45) is 4.95. The van der Waals surface area contributed by atoms with Gasteiger partial charge in [-0.25, -0.2) is 14.8 Å². The maximum absolute atomic E-state index is 11.5. The molecule has 0 aliphatic heterocycles. The molecule has 0 radical (unpaired) electrons. The first-order valence-corrected chi connectivity index (χ1v) is 6.23. The summed E-state index contributed by atoms with van der Waals surface area (Å²) in [7, 11) is 0. The molecule has 1 N–H and O–H groups in total. The molecule has 0 aliphatic rings. The number of nitrogens with zero attached hydrogens (tertiary/aromatic N) is 3. The molecule has 0 spiro atoms. The lowest BCUT2D eigenvalue weighted by Gasteiger charge is -2.07. The fraction of sp³-hybridized carbons (Fsp3) is 0.133. The summed E-state index contributed by atoms with van der Waals surface area (Å²) in [6.45, 7) is 2.38. The molecule has 0 bridgehead atoms. The number of carboxylic acids is 1. The van der Waals surface area contributed by atoms with Gasteiger partial charge in [0.05, 0.1) is 12.1 Å². The van der Waals surface area contributed by atoms with E-state index in [1.54, 1.807) is 12.4 Å². The van der Waals surface area contributed by atoms with Crippen LogP contribution in [0.25, 0.3) is 10.9 Å². The minimum atomic E-state index is -0.901. The summed E-state index contributed by atoms with van der Waals surface area (Å²) >= 11 is 0. The molecule has 0 amide bonds. The van der Waals surface area contributed by atoms with Crippen molar-refractivity contribution in [3.63, 3.8) is 0 Å². The molecule has 3 aromatic rings. The van der Waals surface area contributed by atoms with Crippen LogP contribution in [0.3, 0.4) is 0 Å². The molecule has 0 saturated carbocycles. The van der Waals surface area contributed by atoms with Crippen molar-refractivity contribution in [2.24, 2.45) is 0 Å². The van der Waals surface area contributed by atoms with Gasteiger partial charge in [0.25, 0.3) is 0 Å². The highest BCUT2D eigenvalue weighted by molar-refractivity contribution is 6.05. The average Bonchev–Trinajstić information content (AvgIpc) is 2.73. The lowest BCUT2D eigenvalue weighted by Crippen LogP contribution is -2.05. The van der Waals surface area contributed by atoms with E-state index in [1.165, 1.54) is 6.33 Å². The fourth-order valence-electron chi connectivity index (χ4n) is 2.50. The van der Waals surface area contributed by atoms with Crippen LogP contribution < -0.4 is 0 Å². The zero-order valence-corrected chi connectivity index (χ0v) is 10.9. The van der Waals surface area contributed by atoms with E-state index >= 15 is 0 Å². The maximum atomic E-state index is 11.5. The quantitative estimate of drug-likeness (QED) is 0.791. The predicted molar refractivity (Wildman–Crippen MR) is 74.8 cm³/mol. The van der Waals surface area contributed by atoms with Gasteiger partial charge in [0.15, 0.2) is 0 Å². The topological polar surface area (TPSA) is 68.0 Å². The number of carbonyl (C=O) groups is 1. The minimum absolute atomic E-state index is 0.359. The van der Waals surface area contributed by atoms with E-state index in [9.17, 15) is 9.90 Å². The fourth-order valence-corrected chi connectivity index (χ4v) is 2.50. The predicted octanol–water partition coefficient (Wildman–Crippen LogP) is 2.49. The van der Waals surface area contributed by atoms with E-state index in [-0.39, 0.29) is 0 Å². The summed E-state index contributed by atoms with van der Waals surface area (Å²) in [5.41, 5.74) is 2.94. The van der Waals surface area contributed by atoms with Crippen LogP contribution >= 0.6 is 0 Å². The van der Waals surface area contributed by atoms with Gasteiger partial charge in [-0.15, -0.1) is 0 Å². The Morgan fingerprint density at radius 3 is 2.65 bits per heavy atom. The van der Waals surface area contributed by atoms with Crippen molar-refractivity contribution >= 4 is 16.9 Å². The van der Waals surface area contributed by atoms with E-state index in [0.29, 0.717) is 12.1 Å². The van der Waals surface area contributed by atoms with Crippen LogP contribution in [-0.4, -0.2) is 25.6 Å². The molecule has 3 rings (SSSR count). The third-order valence-electron chi connectivity index (χ3n) is 3.40. The van der Waals surface area contributed by atoms with Crippen molar-refractivity contribution in [2.75, 3.05) is 0 Å². The molecule has 2 heterocycles. The molecule has 5 nitrogen and oxygen atoms in total. The van der Waals surface area contributed by atoms with Crippen LogP contribution in [0.5, 0.6) is 0 Å². The monoisotopic (exact) mass is 267 g/mol. The maximum Gasteiger partial charge on any atom is 0.338 e. The minimum Gasteiger partial charge on any atom is -0.478 e. The third kappa shape index (κ3) is 1.93. The van der Waals surface area contributed by atoms with Gasteiger partial charge < -0.3 is 9.67 Å². The Balaban J connectivity index is 2.20. The van der Waals surface area contributed by atoms with Gasteiger partial charge >= 0.3 is 5.97 Å². The normalized spacial score (nSPS) is 10.8. The summed E-state index contributed by atoms with van der Waals surface area (Å²) in [5, 5.41) is 10.2. The van der Waals surface area contributed by atoms with Crippen LogP contribution in [0.1, 0.15) is 21.6 Å². The number of aromatic carboxylic acids is 1. The molecule has 0 saturated heterocycles. The van der Waals surface area contributed by atoms with E-state index in [0.717, 1.165) is 22.2 Å². The summed E-state index contributed by atoms with van der Waals surface area (Å²) < 4.78 is 1.98. The zero-order chi connectivity index (χ0) is 14.1. The van der Waals surface area contributed by atoms with E-state index in [2.05, 4.69) is 9.97 Å². The molecule has 0 unspecified atom stereocenters. The second kappa shape index (κ2) is 4.77.